The van der Waals surface area contributed by atoms with Crippen LogP contribution in [0.4, 0.5) is 4.39 Å². The minimum absolute atomic E-state index is 0.0232. The summed E-state index contributed by atoms with van der Waals surface area (Å²) in [6, 6.07) is 4.62. The predicted octanol–water partition coefficient (Wildman–Crippen LogP) is 3.63. The van der Waals surface area contributed by atoms with Crippen LogP contribution in [0.5, 0.6) is 0 Å². The van der Waals surface area contributed by atoms with Gasteiger partial charge >= 0.3 is 0 Å². The zero-order chi connectivity index (χ0) is 10.7. The maximum Gasteiger partial charge on any atom is 0.124 e. The summed E-state index contributed by atoms with van der Waals surface area (Å²) >= 11 is 3.32. The van der Waals surface area contributed by atoms with E-state index in [0.717, 1.165) is 16.5 Å². The van der Waals surface area contributed by atoms with Crippen LogP contribution in [0.25, 0.3) is 0 Å². The summed E-state index contributed by atoms with van der Waals surface area (Å²) in [5, 5.41) is 0. The van der Waals surface area contributed by atoms with Gasteiger partial charge in [-0.05, 0) is 30.0 Å². The summed E-state index contributed by atoms with van der Waals surface area (Å²) in [6.07, 6.45) is 0.907. The molecule has 0 radical (unpaired) electrons. The number of rotatable bonds is 3. The fourth-order valence-electron chi connectivity index (χ4n) is 1.44. The van der Waals surface area contributed by atoms with Crippen LogP contribution in [0.2, 0.25) is 0 Å². The van der Waals surface area contributed by atoms with Crippen LogP contribution in [0, 0.1) is 11.7 Å². The lowest BCUT2D eigenvalue weighted by atomic mass is 9.98. The first-order valence-corrected chi connectivity index (χ1v) is 5.50. The second kappa shape index (κ2) is 4.89. The molecular formula is C11H15BrFN. The Bertz CT molecular complexity index is 312. The highest BCUT2D eigenvalue weighted by molar-refractivity contribution is 9.10. The van der Waals surface area contributed by atoms with Gasteiger partial charge in [0.1, 0.15) is 5.82 Å². The summed E-state index contributed by atoms with van der Waals surface area (Å²) in [7, 11) is 0. The van der Waals surface area contributed by atoms with E-state index in [1.54, 1.807) is 6.07 Å². The lowest BCUT2D eigenvalue weighted by Gasteiger charge is -2.15. The zero-order valence-corrected chi connectivity index (χ0v) is 10.0. The van der Waals surface area contributed by atoms with Crippen LogP contribution < -0.4 is 5.73 Å². The van der Waals surface area contributed by atoms with Gasteiger partial charge < -0.3 is 5.73 Å². The van der Waals surface area contributed by atoms with E-state index >= 15 is 0 Å². The maximum absolute atomic E-state index is 12.8. The van der Waals surface area contributed by atoms with Gasteiger partial charge in [0.15, 0.2) is 0 Å². The second-order valence-electron chi connectivity index (χ2n) is 3.90. The quantitative estimate of drug-likeness (QED) is 0.882. The molecule has 0 fully saturated rings. The van der Waals surface area contributed by atoms with Gasteiger partial charge in [-0.2, -0.15) is 0 Å². The number of benzene rings is 1. The molecule has 1 aromatic rings. The third kappa shape index (κ3) is 3.07. The molecule has 0 aromatic heterocycles. The van der Waals surface area contributed by atoms with Crippen LogP contribution in [0.15, 0.2) is 22.7 Å². The fourth-order valence-corrected chi connectivity index (χ4v) is 2.08. The number of hydrogen-bond donors (Lipinski definition) is 1. The topological polar surface area (TPSA) is 26.0 Å². The number of hydrogen-bond acceptors (Lipinski definition) is 1. The van der Waals surface area contributed by atoms with Gasteiger partial charge in [0.05, 0.1) is 0 Å². The summed E-state index contributed by atoms with van der Waals surface area (Å²) < 4.78 is 13.6. The van der Waals surface area contributed by atoms with Gasteiger partial charge in [0, 0.05) is 10.5 Å². The molecule has 0 spiro atoms. The van der Waals surface area contributed by atoms with E-state index in [0.29, 0.717) is 5.92 Å². The molecule has 0 amide bonds. The molecule has 0 aliphatic rings. The van der Waals surface area contributed by atoms with Gasteiger partial charge in [-0.1, -0.05) is 35.8 Å². The molecule has 0 unspecified atom stereocenters. The van der Waals surface area contributed by atoms with E-state index in [2.05, 4.69) is 29.8 Å². The van der Waals surface area contributed by atoms with Crippen molar-refractivity contribution in [3.63, 3.8) is 0 Å². The third-order valence-corrected chi connectivity index (χ3v) is 2.77. The Balaban J connectivity index is 2.84. The predicted molar refractivity (Wildman–Crippen MR) is 60.5 cm³/mol. The number of nitrogens with two attached hydrogens (primary N) is 1. The molecule has 1 rings (SSSR count). The Morgan fingerprint density at radius 3 is 2.57 bits per heavy atom. The van der Waals surface area contributed by atoms with E-state index in [1.807, 2.05) is 0 Å². The summed E-state index contributed by atoms with van der Waals surface area (Å²) in [4.78, 5) is 0. The van der Waals surface area contributed by atoms with Gasteiger partial charge in [-0.25, -0.2) is 4.39 Å². The Labute approximate surface area is 92.6 Å². The average molecular weight is 260 g/mol. The molecule has 78 valence electrons. The van der Waals surface area contributed by atoms with Gasteiger partial charge in [-0.3, -0.25) is 0 Å². The highest BCUT2D eigenvalue weighted by Gasteiger charge is 2.11. The second-order valence-corrected chi connectivity index (χ2v) is 4.76. The Morgan fingerprint density at radius 1 is 1.43 bits per heavy atom. The molecule has 0 saturated carbocycles. The first kappa shape index (κ1) is 11.7. The van der Waals surface area contributed by atoms with E-state index in [9.17, 15) is 4.39 Å². The van der Waals surface area contributed by atoms with Crippen molar-refractivity contribution >= 4 is 15.9 Å². The van der Waals surface area contributed by atoms with Gasteiger partial charge in [-0.15, -0.1) is 0 Å². The van der Waals surface area contributed by atoms with E-state index < -0.39 is 0 Å². The first-order chi connectivity index (χ1) is 6.50. The fraction of sp³-hybridized carbons (Fsp3) is 0.455. The highest BCUT2D eigenvalue weighted by atomic mass is 79.9. The van der Waals surface area contributed by atoms with Gasteiger partial charge in [0.2, 0.25) is 0 Å². The third-order valence-electron chi connectivity index (χ3n) is 2.09. The highest BCUT2D eigenvalue weighted by Crippen LogP contribution is 2.26. The van der Waals surface area contributed by atoms with Gasteiger partial charge in [0.25, 0.3) is 0 Å². The van der Waals surface area contributed by atoms with Crippen molar-refractivity contribution in [1.82, 2.24) is 0 Å². The molecule has 0 aliphatic carbocycles. The molecule has 14 heavy (non-hydrogen) atoms. The van der Waals surface area contributed by atoms with Crippen molar-refractivity contribution in [3.8, 4) is 0 Å². The molecule has 0 bridgehead atoms. The lowest BCUT2D eigenvalue weighted by molar-refractivity contribution is 0.508. The minimum atomic E-state index is -0.239. The van der Waals surface area contributed by atoms with Crippen molar-refractivity contribution in [1.29, 1.82) is 0 Å². The smallest absolute Gasteiger partial charge is 0.124 e. The van der Waals surface area contributed by atoms with Crippen molar-refractivity contribution in [2.24, 2.45) is 11.7 Å². The van der Waals surface area contributed by atoms with Crippen molar-refractivity contribution in [2.75, 3.05) is 0 Å². The van der Waals surface area contributed by atoms with Crippen LogP contribution in [-0.2, 0) is 0 Å². The Kier molecular flexibility index (Phi) is 4.08. The minimum Gasteiger partial charge on any atom is -0.324 e. The summed E-state index contributed by atoms with van der Waals surface area (Å²) in [5.74, 6) is 0.305. The molecule has 3 heteroatoms. The van der Waals surface area contributed by atoms with Crippen LogP contribution in [-0.4, -0.2) is 0 Å². The van der Waals surface area contributed by atoms with E-state index in [1.165, 1.54) is 12.1 Å². The largest absolute Gasteiger partial charge is 0.324 e. The maximum atomic E-state index is 12.8. The molecule has 0 saturated heterocycles. The first-order valence-electron chi connectivity index (χ1n) is 4.71. The standard InChI is InChI=1S/C11H15BrFN/c1-7(2)5-11(14)9-4-3-8(13)6-10(9)12/h3-4,6-7,11H,5,14H2,1-2H3/t11-/m1/s1. The van der Waals surface area contributed by atoms with Crippen molar-refractivity contribution in [2.45, 2.75) is 26.3 Å². The van der Waals surface area contributed by atoms with Crippen LogP contribution in [0.1, 0.15) is 31.9 Å². The van der Waals surface area contributed by atoms with Crippen LogP contribution in [0.3, 0.4) is 0 Å². The lowest BCUT2D eigenvalue weighted by Crippen LogP contribution is -2.13. The average Bonchev–Trinajstić information content (AvgIpc) is 2.01. The Morgan fingerprint density at radius 2 is 2.07 bits per heavy atom. The molecule has 0 aliphatic heterocycles. The molecule has 1 aromatic carbocycles. The summed E-state index contributed by atoms with van der Waals surface area (Å²) in [6.45, 7) is 4.24. The van der Waals surface area contributed by atoms with E-state index in [-0.39, 0.29) is 11.9 Å². The zero-order valence-electron chi connectivity index (χ0n) is 8.43. The summed E-state index contributed by atoms with van der Waals surface area (Å²) in [5.41, 5.74) is 6.97. The SMILES string of the molecule is CC(C)C[C@@H](N)c1ccc(F)cc1Br. The monoisotopic (exact) mass is 259 g/mol. The van der Waals surface area contributed by atoms with Crippen molar-refractivity contribution in [3.05, 3.63) is 34.1 Å². The Hall–Kier alpha value is -0.410. The van der Waals surface area contributed by atoms with Crippen LogP contribution >= 0.6 is 15.9 Å². The van der Waals surface area contributed by atoms with Crippen molar-refractivity contribution < 1.29 is 4.39 Å². The molecule has 1 atom stereocenters. The molecule has 0 heterocycles. The number of halogens is 2. The molecule has 1 nitrogen and oxygen atoms in total. The molecular weight excluding hydrogens is 245 g/mol. The van der Waals surface area contributed by atoms with E-state index in [4.69, 9.17) is 5.73 Å². The molecule has 2 N–H and O–H groups in total. The normalized spacial score (nSPS) is 13.3.